The lowest BCUT2D eigenvalue weighted by atomic mass is 10.2. The minimum absolute atomic E-state index is 0.573. The lowest BCUT2D eigenvalue weighted by Gasteiger charge is -2.05. The summed E-state index contributed by atoms with van der Waals surface area (Å²) >= 11 is 3.41. The predicted molar refractivity (Wildman–Crippen MR) is 74.1 cm³/mol. The van der Waals surface area contributed by atoms with Gasteiger partial charge < -0.3 is 14.5 Å². The van der Waals surface area contributed by atoms with Crippen molar-refractivity contribution in [1.29, 1.82) is 0 Å². The third kappa shape index (κ3) is 3.70. The summed E-state index contributed by atoms with van der Waals surface area (Å²) in [4.78, 5) is 0. The average Bonchev–Trinajstić information content (AvgIpc) is 2.80. The Morgan fingerprint density at radius 1 is 1.17 bits per heavy atom. The number of ether oxygens (including phenoxy) is 1. The van der Waals surface area contributed by atoms with Crippen LogP contribution in [0.1, 0.15) is 16.9 Å². The van der Waals surface area contributed by atoms with Crippen molar-refractivity contribution in [3.8, 4) is 0 Å². The maximum absolute atomic E-state index is 5.69. The monoisotopic (exact) mass is 309 g/mol. The molecule has 96 valence electrons. The van der Waals surface area contributed by atoms with E-state index in [1.165, 1.54) is 0 Å². The highest BCUT2D eigenvalue weighted by molar-refractivity contribution is 9.10. The highest BCUT2D eigenvalue weighted by Gasteiger charge is 2.05. The van der Waals surface area contributed by atoms with Gasteiger partial charge in [0.1, 0.15) is 5.76 Å². The third-order valence-electron chi connectivity index (χ3n) is 2.61. The van der Waals surface area contributed by atoms with E-state index in [0.29, 0.717) is 13.2 Å². The summed E-state index contributed by atoms with van der Waals surface area (Å²) in [7, 11) is 1.90. The lowest BCUT2D eigenvalue weighted by Crippen LogP contribution is -2.06. The molecule has 0 amide bonds. The Kier molecular flexibility index (Phi) is 4.99. The number of rotatable bonds is 6. The van der Waals surface area contributed by atoms with Gasteiger partial charge in [0.25, 0.3) is 0 Å². The molecule has 0 aliphatic heterocycles. The highest BCUT2D eigenvalue weighted by atomic mass is 79.9. The van der Waals surface area contributed by atoms with E-state index in [9.17, 15) is 0 Å². The van der Waals surface area contributed by atoms with Crippen LogP contribution in [0.15, 0.2) is 45.5 Å². The first-order chi connectivity index (χ1) is 8.79. The number of hydrogen-bond acceptors (Lipinski definition) is 3. The van der Waals surface area contributed by atoms with E-state index in [0.717, 1.165) is 27.9 Å². The third-order valence-corrected chi connectivity index (χ3v) is 3.14. The van der Waals surface area contributed by atoms with Gasteiger partial charge in [0.15, 0.2) is 0 Å². The van der Waals surface area contributed by atoms with Crippen LogP contribution in [-0.4, -0.2) is 7.05 Å². The first kappa shape index (κ1) is 13.3. The number of hydrogen-bond donors (Lipinski definition) is 1. The van der Waals surface area contributed by atoms with E-state index >= 15 is 0 Å². The van der Waals surface area contributed by atoms with Gasteiger partial charge in [0.2, 0.25) is 0 Å². The van der Waals surface area contributed by atoms with Crippen LogP contribution in [0, 0.1) is 0 Å². The molecule has 0 fully saturated rings. The molecule has 1 aromatic carbocycles. The molecule has 0 aliphatic rings. The molecule has 1 aromatic heterocycles. The Hall–Kier alpha value is -1.10. The van der Waals surface area contributed by atoms with Crippen LogP contribution in [0.3, 0.4) is 0 Å². The van der Waals surface area contributed by atoms with Crippen LogP contribution in [0.4, 0.5) is 0 Å². The maximum atomic E-state index is 5.69. The first-order valence-electron chi connectivity index (χ1n) is 5.81. The zero-order valence-corrected chi connectivity index (χ0v) is 11.9. The normalized spacial score (nSPS) is 10.8. The molecule has 1 heterocycles. The van der Waals surface area contributed by atoms with Gasteiger partial charge in [-0.05, 0) is 30.8 Å². The van der Waals surface area contributed by atoms with Gasteiger partial charge in [0.05, 0.1) is 26.0 Å². The molecule has 0 spiro atoms. The summed E-state index contributed by atoms with van der Waals surface area (Å²) in [6.07, 6.45) is 1.70. The Morgan fingerprint density at radius 3 is 2.67 bits per heavy atom. The van der Waals surface area contributed by atoms with Crippen molar-refractivity contribution in [1.82, 2.24) is 5.32 Å². The maximum Gasteiger partial charge on any atom is 0.123 e. The Labute approximate surface area is 115 Å². The Bertz CT molecular complexity index is 479. The molecule has 0 atom stereocenters. The van der Waals surface area contributed by atoms with Gasteiger partial charge in [-0.25, -0.2) is 0 Å². The van der Waals surface area contributed by atoms with Crippen LogP contribution in [-0.2, 0) is 24.5 Å². The molecular weight excluding hydrogens is 294 g/mol. The van der Waals surface area contributed by atoms with Crippen molar-refractivity contribution in [2.45, 2.75) is 19.8 Å². The quantitative estimate of drug-likeness (QED) is 0.887. The smallest absolute Gasteiger partial charge is 0.123 e. The van der Waals surface area contributed by atoms with Crippen molar-refractivity contribution < 1.29 is 9.15 Å². The zero-order chi connectivity index (χ0) is 12.8. The molecule has 0 saturated heterocycles. The largest absolute Gasteiger partial charge is 0.468 e. The van der Waals surface area contributed by atoms with E-state index in [4.69, 9.17) is 9.15 Å². The van der Waals surface area contributed by atoms with Gasteiger partial charge in [-0.3, -0.25) is 0 Å². The Morgan fingerprint density at radius 2 is 1.94 bits per heavy atom. The number of furan rings is 1. The fourth-order valence-electron chi connectivity index (χ4n) is 1.67. The van der Waals surface area contributed by atoms with E-state index in [-0.39, 0.29) is 0 Å². The summed E-state index contributed by atoms with van der Waals surface area (Å²) < 4.78 is 12.1. The molecular formula is C14H16BrNO2. The van der Waals surface area contributed by atoms with Crippen molar-refractivity contribution in [2.24, 2.45) is 0 Å². The van der Waals surface area contributed by atoms with Crippen LogP contribution in [0.2, 0.25) is 0 Å². The summed E-state index contributed by atoms with van der Waals surface area (Å²) in [6, 6.07) is 10.1. The molecule has 1 N–H and O–H groups in total. The molecule has 3 nitrogen and oxygen atoms in total. The van der Waals surface area contributed by atoms with E-state index in [1.54, 1.807) is 6.26 Å². The average molecular weight is 310 g/mol. The van der Waals surface area contributed by atoms with Crippen molar-refractivity contribution in [3.63, 3.8) is 0 Å². The second-order valence-corrected chi connectivity index (χ2v) is 4.93. The minimum Gasteiger partial charge on any atom is -0.468 e. The van der Waals surface area contributed by atoms with Crippen LogP contribution < -0.4 is 5.32 Å². The molecule has 0 saturated carbocycles. The molecule has 0 aliphatic carbocycles. The molecule has 0 radical (unpaired) electrons. The van der Waals surface area contributed by atoms with Gasteiger partial charge in [-0.2, -0.15) is 0 Å². The van der Waals surface area contributed by atoms with Gasteiger partial charge in [-0.1, -0.05) is 28.1 Å². The van der Waals surface area contributed by atoms with E-state index < -0.39 is 0 Å². The lowest BCUT2D eigenvalue weighted by molar-refractivity contribution is 0.106. The zero-order valence-electron chi connectivity index (χ0n) is 10.3. The second kappa shape index (κ2) is 6.73. The molecule has 2 aromatic rings. The fraction of sp³-hybridized carbons (Fsp3) is 0.286. The summed E-state index contributed by atoms with van der Waals surface area (Å²) in [5, 5.41) is 3.07. The molecule has 18 heavy (non-hydrogen) atoms. The van der Waals surface area contributed by atoms with Crippen LogP contribution in [0.5, 0.6) is 0 Å². The molecule has 0 unspecified atom stereocenters. The van der Waals surface area contributed by atoms with Gasteiger partial charge in [0, 0.05) is 10.0 Å². The number of benzene rings is 1. The summed E-state index contributed by atoms with van der Waals surface area (Å²) in [5.41, 5.74) is 2.26. The number of nitrogens with one attached hydrogen (secondary N) is 1. The van der Waals surface area contributed by atoms with Crippen LogP contribution >= 0.6 is 15.9 Å². The van der Waals surface area contributed by atoms with Crippen LogP contribution in [0.25, 0.3) is 0 Å². The topological polar surface area (TPSA) is 34.4 Å². The molecule has 0 bridgehead atoms. The molecule has 4 heteroatoms. The first-order valence-corrected chi connectivity index (χ1v) is 6.61. The van der Waals surface area contributed by atoms with Gasteiger partial charge >= 0.3 is 0 Å². The minimum atomic E-state index is 0.573. The van der Waals surface area contributed by atoms with E-state index in [1.807, 2.05) is 37.4 Å². The van der Waals surface area contributed by atoms with Crippen molar-refractivity contribution in [3.05, 3.63) is 58.0 Å². The summed E-state index contributed by atoms with van der Waals surface area (Å²) in [6.45, 7) is 1.91. The fourth-order valence-corrected chi connectivity index (χ4v) is 1.94. The number of halogens is 1. The SMILES string of the molecule is CNCc1occc1COCc1ccc(Br)cc1. The molecule has 2 rings (SSSR count). The van der Waals surface area contributed by atoms with Gasteiger partial charge in [-0.15, -0.1) is 0 Å². The Balaban J connectivity index is 1.84. The van der Waals surface area contributed by atoms with Crippen molar-refractivity contribution in [2.75, 3.05) is 7.05 Å². The van der Waals surface area contributed by atoms with E-state index in [2.05, 4.69) is 21.2 Å². The summed E-state index contributed by atoms with van der Waals surface area (Å²) in [5.74, 6) is 0.938. The van der Waals surface area contributed by atoms with Crippen molar-refractivity contribution >= 4 is 15.9 Å². The predicted octanol–water partition coefficient (Wildman–Crippen LogP) is 3.48. The second-order valence-electron chi connectivity index (χ2n) is 4.02. The standard InChI is InChI=1S/C14H16BrNO2/c1-16-8-14-12(6-7-18-14)10-17-9-11-2-4-13(15)5-3-11/h2-7,16H,8-10H2,1H3. The highest BCUT2D eigenvalue weighted by Crippen LogP contribution is 2.14.